The lowest BCUT2D eigenvalue weighted by Crippen LogP contribution is -2.69. The van der Waals surface area contributed by atoms with E-state index < -0.39 is 10.4 Å². The van der Waals surface area contributed by atoms with Gasteiger partial charge in [0.1, 0.15) is 0 Å². The summed E-state index contributed by atoms with van der Waals surface area (Å²) < 4.78 is 49.2. The monoisotopic (exact) mass is 510 g/mol. The van der Waals surface area contributed by atoms with Gasteiger partial charge in [-0.05, 0) is 36.9 Å². The molecule has 1 aromatic carbocycles. The lowest BCUT2D eigenvalue weighted by molar-refractivity contribution is -0.132. The molecule has 1 aromatic rings. The van der Waals surface area contributed by atoms with Crippen LogP contribution in [0.15, 0.2) is 23.8 Å². The molecule has 5 heterocycles. The second-order valence-corrected chi connectivity index (χ2v) is 10.8. The summed E-state index contributed by atoms with van der Waals surface area (Å²) in [5.74, 6) is 2.57. The number of anilines is 1. The first-order valence-corrected chi connectivity index (χ1v) is 12.9. The standard InChI is InChI=1S/C23H26N2O4.H2O4S.H2O/c1-27-16-8-14-15(9-17(16)28-2)25-20(26)10-18-21-13-7-19-23(14,22(21)25)4-5-24(19)11-12(13)3-6-29-18;1-5(2,3)4;/h3,8-9,13,18-19,21-22H,4-7,10-11H2,1-2H3;(H2,1,2,3,4);1H2/t13?,18-,19-,21-,22-,23?;;/m0../s1. The fraction of sp³-hybridized carbons (Fsp3) is 0.609. The summed E-state index contributed by atoms with van der Waals surface area (Å²) in [7, 11) is -1.31. The lowest BCUT2D eigenvalue weighted by atomic mass is 9.53. The van der Waals surface area contributed by atoms with Gasteiger partial charge in [-0.15, -0.1) is 0 Å². The van der Waals surface area contributed by atoms with Gasteiger partial charge in [-0.1, -0.05) is 11.6 Å². The molecule has 1 spiro atoms. The zero-order valence-electron chi connectivity index (χ0n) is 19.5. The fourth-order valence-electron chi connectivity index (χ4n) is 7.87. The van der Waals surface area contributed by atoms with Gasteiger partial charge in [-0.2, -0.15) is 8.42 Å². The first-order valence-electron chi connectivity index (χ1n) is 11.5. The van der Waals surface area contributed by atoms with Crippen molar-refractivity contribution in [3.05, 3.63) is 29.3 Å². The molecule has 4 N–H and O–H groups in total. The van der Waals surface area contributed by atoms with Crippen LogP contribution in [0.4, 0.5) is 5.69 Å². The Kier molecular flexibility index (Phi) is 5.70. The third-order valence-corrected chi connectivity index (χ3v) is 8.81. The van der Waals surface area contributed by atoms with Crippen molar-refractivity contribution in [2.45, 2.75) is 42.9 Å². The van der Waals surface area contributed by atoms with Crippen LogP contribution in [-0.4, -0.2) is 85.9 Å². The van der Waals surface area contributed by atoms with Crippen LogP contribution in [-0.2, 0) is 25.3 Å². The van der Waals surface area contributed by atoms with Crippen LogP contribution in [0.3, 0.4) is 0 Å². The molecule has 5 aliphatic heterocycles. The highest BCUT2D eigenvalue weighted by Gasteiger charge is 2.71. The van der Waals surface area contributed by atoms with Gasteiger partial charge >= 0.3 is 10.4 Å². The van der Waals surface area contributed by atoms with Crippen LogP contribution < -0.4 is 14.4 Å². The third kappa shape index (κ3) is 3.35. The van der Waals surface area contributed by atoms with Crippen molar-refractivity contribution in [2.75, 3.05) is 38.8 Å². The molecule has 0 aromatic heterocycles. The lowest BCUT2D eigenvalue weighted by Gasteiger charge is -2.58. The molecule has 12 heteroatoms. The van der Waals surface area contributed by atoms with Crippen LogP contribution >= 0.6 is 0 Å². The van der Waals surface area contributed by atoms with Crippen LogP contribution in [0, 0.1) is 11.8 Å². The van der Waals surface area contributed by atoms with Crippen molar-refractivity contribution >= 4 is 22.0 Å². The zero-order valence-corrected chi connectivity index (χ0v) is 20.3. The zero-order chi connectivity index (χ0) is 24.0. The Bertz CT molecular complexity index is 1190. The third-order valence-electron chi connectivity index (χ3n) is 8.81. The van der Waals surface area contributed by atoms with E-state index in [9.17, 15) is 4.79 Å². The van der Waals surface area contributed by atoms with E-state index in [2.05, 4.69) is 21.9 Å². The maximum atomic E-state index is 13.5. The summed E-state index contributed by atoms with van der Waals surface area (Å²) in [6.45, 7) is 2.80. The number of piperidine rings is 2. The molecule has 6 aliphatic rings. The highest BCUT2D eigenvalue weighted by atomic mass is 32.3. The first kappa shape index (κ1) is 24.5. The summed E-state index contributed by atoms with van der Waals surface area (Å²) in [4.78, 5) is 18.3. The van der Waals surface area contributed by atoms with Crippen molar-refractivity contribution in [3.8, 4) is 11.5 Å². The Morgan fingerprint density at radius 1 is 1.17 bits per heavy atom. The number of carbonyl (C=O) groups is 1. The second kappa shape index (κ2) is 8.15. The average molecular weight is 511 g/mol. The Balaban J connectivity index is 0.000000388. The fourth-order valence-corrected chi connectivity index (χ4v) is 7.87. The number of ether oxygens (including phenoxy) is 3. The maximum Gasteiger partial charge on any atom is 0.394 e. The maximum absolute atomic E-state index is 13.5. The van der Waals surface area contributed by atoms with E-state index in [1.165, 1.54) is 12.0 Å². The van der Waals surface area contributed by atoms with E-state index in [0.29, 0.717) is 36.7 Å². The van der Waals surface area contributed by atoms with E-state index in [0.717, 1.165) is 30.9 Å². The number of methoxy groups -OCH3 is 2. The van der Waals surface area contributed by atoms with E-state index in [1.807, 2.05) is 6.07 Å². The number of fused-ring (bicyclic) bond motifs is 2. The Morgan fingerprint density at radius 3 is 2.54 bits per heavy atom. The molecule has 2 unspecified atom stereocenters. The first-order chi connectivity index (χ1) is 16.2. The number of carbonyl (C=O) groups excluding carboxylic acids is 1. The van der Waals surface area contributed by atoms with Crippen LogP contribution in [0.5, 0.6) is 11.5 Å². The Morgan fingerprint density at radius 2 is 1.86 bits per heavy atom. The van der Waals surface area contributed by atoms with Gasteiger partial charge in [-0.3, -0.25) is 18.8 Å². The highest BCUT2D eigenvalue weighted by Crippen LogP contribution is 2.66. The number of amides is 1. The molecule has 192 valence electrons. The van der Waals surface area contributed by atoms with Crippen molar-refractivity contribution in [1.82, 2.24) is 4.90 Å². The summed E-state index contributed by atoms with van der Waals surface area (Å²) in [5.41, 5.74) is 3.85. The molecular formula is C23H30N2O9S. The van der Waals surface area contributed by atoms with Gasteiger partial charge in [0, 0.05) is 30.0 Å². The molecule has 4 fully saturated rings. The molecule has 6 atom stereocenters. The summed E-state index contributed by atoms with van der Waals surface area (Å²) in [6.07, 6.45) is 5.11. The van der Waals surface area contributed by atoms with E-state index in [-0.39, 0.29) is 28.9 Å². The van der Waals surface area contributed by atoms with Gasteiger partial charge in [0.25, 0.3) is 0 Å². The van der Waals surface area contributed by atoms with Gasteiger partial charge in [0.2, 0.25) is 5.91 Å². The van der Waals surface area contributed by atoms with Gasteiger partial charge in [0.15, 0.2) is 11.5 Å². The van der Waals surface area contributed by atoms with Gasteiger partial charge < -0.3 is 24.6 Å². The highest BCUT2D eigenvalue weighted by molar-refractivity contribution is 7.79. The molecule has 0 radical (unpaired) electrons. The molecule has 7 rings (SSSR count). The summed E-state index contributed by atoms with van der Waals surface area (Å²) in [6, 6.07) is 4.87. The van der Waals surface area contributed by atoms with Gasteiger partial charge in [-0.25, -0.2) is 0 Å². The molecule has 2 bridgehead atoms. The smallest absolute Gasteiger partial charge is 0.394 e. The number of nitrogens with zero attached hydrogens (tertiary/aromatic N) is 2. The van der Waals surface area contributed by atoms with E-state index in [4.69, 9.17) is 31.7 Å². The van der Waals surface area contributed by atoms with Crippen molar-refractivity contribution in [3.63, 3.8) is 0 Å². The normalized spacial score (nSPS) is 35.7. The minimum atomic E-state index is -4.67. The molecule has 1 aliphatic carbocycles. The molecule has 3 saturated heterocycles. The summed E-state index contributed by atoms with van der Waals surface area (Å²) >= 11 is 0. The van der Waals surface area contributed by atoms with Crippen LogP contribution in [0.25, 0.3) is 0 Å². The number of benzene rings is 1. The Hall–Kier alpha value is -2.22. The minimum Gasteiger partial charge on any atom is -0.493 e. The predicted octanol–water partition coefficient (Wildman–Crippen LogP) is 0.632. The molecule has 35 heavy (non-hydrogen) atoms. The summed E-state index contributed by atoms with van der Waals surface area (Å²) in [5, 5.41) is 0. The molecular weight excluding hydrogens is 480 g/mol. The quantitative estimate of drug-likeness (QED) is 0.430. The molecule has 11 nitrogen and oxygen atoms in total. The second-order valence-electron chi connectivity index (χ2n) is 9.93. The van der Waals surface area contributed by atoms with Crippen molar-refractivity contribution in [2.24, 2.45) is 11.8 Å². The van der Waals surface area contributed by atoms with Crippen LogP contribution in [0.2, 0.25) is 0 Å². The number of hydrogen-bond acceptors (Lipinski definition) is 7. The van der Waals surface area contributed by atoms with Gasteiger partial charge in [0.05, 0.1) is 45.1 Å². The largest absolute Gasteiger partial charge is 0.493 e. The number of rotatable bonds is 2. The average Bonchev–Trinajstić information content (AvgIpc) is 3.24. The minimum absolute atomic E-state index is 0. The van der Waals surface area contributed by atoms with Crippen molar-refractivity contribution < 1.29 is 42.0 Å². The molecule has 1 saturated carbocycles. The molecule has 1 amide bonds. The topological polar surface area (TPSA) is 157 Å². The van der Waals surface area contributed by atoms with Crippen molar-refractivity contribution in [1.29, 1.82) is 0 Å². The van der Waals surface area contributed by atoms with E-state index >= 15 is 0 Å². The predicted molar refractivity (Wildman–Crippen MR) is 124 cm³/mol. The van der Waals surface area contributed by atoms with E-state index in [1.54, 1.807) is 19.8 Å². The number of hydrogen-bond donors (Lipinski definition) is 2. The SMILES string of the molecule is COc1cc2c(cc1OC)C13CCN4CC5=CCO[C@H]6CC(=O)N2[C@H]1[C@H]6C5C[C@H]43.O.O=S(=O)(O)O. The Labute approximate surface area is 203 Å². The van der Waals surface area contributed by atoms with Crippen LogP contribution in [0.1, 0.15) is 24.8 Å².